The van der Waals surface area contributed by atoms with Crippen molar-refractivity contribution in [2.24, 2.45) is 0 Å². The quantitative estimate of drug-likeness (QED) is 0.862. The fourth-order valence-corrected chi connectivity index (χ4v) is 1.89. The number of aliphatic hydroxyl groups excluding tert-OH is 1. The number of aliphatic hydroxyl groups is 1. The number of benzene rings is 1. The molecule has 0 aromatic heterocycles. The van der Waals surface area contributed by atoms with E-state index in [2.05, 4.69) is 5.32 Å². The zero-order valence-electron chi connectivity index (χ0n) is 14.8. The molecule has 1 aromatic rings. The summed E-state index contributed by atoms with van der Waals surface area (Å²) in [5.41, 5.74) is 0.0932. The van der Waals surface area contributed by atoms with Crippen LogP contribution in [-0.4, -0.2) is 48.5 Å². The fourth-order valence-electron chi connectivity index (χ4n) is 1.89. The summed E-state index contributed by atoms with van der Waals surface area (Å²) in [5.74, 6) is 0.361. The highest BCUT2D eigenvalue weighted by Crippen LogP contribution is 2.22. The van der Waals surface area contributed by atoms with Gasteiger partial charge in [0.25, 0.3) is 0 Å². The topological polar surface area (TPSA) is 88.1 Å². The summed E-state index contributed by atoms with van der Waals surface area (Å²) in [5, 5.41) is 12.0. The second-order valence-corrected chi connectivity index (χ2v) is 6.55. The molecular formula is C17H26N2O5. The van der Waals surface area contributed by atoms with Crippen LogP contribution in [-0.2, 0) is 4.74 Å². The molecule has 0 saturated heterocycles. The average molecular weight is 338 g/mol. The van der Waals surface area contributed by atoms with E-state index in [1.165, 1.54) is 4.90 Å². The average Bonchev–Trinajstić information content (AvgIpc) is 2.45. The number of carbonyl (C=O) groups excluding carboxylic acids is 2. The van der Waals surface area contributed by atoms with Crippen LogP contribution in [0.3, 0.4) is 0 Å². The molecule has 0 bridgehead atoms. The molecule has 1 rings (SSSR count). The molecule has 7 nitrogen and oxygen atoms in total. The van der Waals surface area contributed by atoms with Gasteiger partial charge in [-0.3, -0.25) is 0 Å². The van der Waals surface area contributed by atoms with Gasteiger partial charge in [-0.05, 0) is 44.9 Å². The largest absolute Gasteiger partial charge is 0.444 e. The van der Waals surface area contributed by atoms with Gasteiger partial charge >= 0.3 is 12.2 Å². The van der Waals surface area contributed by atoms with Gasteiger partial charge in [0.05, 0.1) is 6.04 Å². The minimum absolute atomic E-state index is 0.109. The van der Waals surface area contributed by atoms with Gasteiger partial charge in [0.15, 0.2) is 0 Å². The number of hydrogen-bond acceptors (Lipinski definition) is 5. The lowest BCUT2D eigenvalue weighted by Gasteiger charge is -2.24. The maximum atomic E-state index is 12.0. The molecule has 2 N–H and O–H groups in total. The Morgan fingerprint density at radius 2 is 1.96 bits per heavy atom. The number of amides is 2. The summed E-state index contributed by atoms with van der Waals surface area (Å²) in [6.07, 6.45) is -0.757. The molecule has 0 unspecified atom stereocenters. The predicted octanol–water partition coefficient (Wildman–Crippen LogP) is 2.70. The first-order valence-corrected chi connectivity index (χ1v) is 7.72. The molecule has 0 aliphatic heterocycles. The van der Waals surface area contributed by atoms with E-state index in [1.807, 2.05) is 0 Å². The van der Waals surface area contributed by atoms with Crippen LogP contribution in [0.2, 0.25) is 0 Å². The van der Waals surface area contributed by atoms with E-state index in [-0.39, 0.29) is 6.61 Å². The minimum atomic E-state index is -0.614. The summed E-state index contributed by atoms with van der Waals surface area (Å²) in [4.78, 5) is 24.9. The number of ether oxygens (including phenoxy) is 2. The van der Waals surface area contributed by atoms with Gasteiger partial charge in [-0.15, -0.1) is 0 Å². The highest BCUT2D eigenvalue weighted by molar-refractivity contribution is 5.70. The maximum Gasteiger partial charge on any atom is 0.414 e. The van der Waals surface area contributed by atoms with E-state index in [1.54, 1.807) is 59.1 Å². The van der Waals surface area contributed by atoms with Gasteiger partial charge in [-0.25, -0.2) is 9.59 Å². The van der Waals surface area contributed by atoms with E-state index in [4.69, 9.17) is 9.47 Å². The molecule has 0 radical (unpaired) electrons. The zero-order chi connectivity index (χ0) is 18.3. The SMILES string of the molecule is CN(C)C(=O)Oc1cccc([C@@H](CCO)NC(=O)OC(C)(C)C)c1. The Hall–Kier alpha value is -2.28. The van der Waals surface area contributed by atoms with Crippen molar-refractivity contribution in [2.45, 2.75) is 38.8 Å². The Morgan fingerprint density at radius 1 is 1.29 bits per heavy atom. The Morgan fingerprint density at radius 3 is 2.50 bits per heavy atom. The first kappa shape index (κ1) is 19.8. The van der Waals surface area contributed by atoms with Crippen molar-refractivity contribution in [3.8, 4) is 5.75 Å². The molecular weight excluding hydrogens is 312 g/mol. The van der Waals surface area contributed by atoms with Gasteiger partial charge in [-0.2, -0.15) is 0 Å². The van der Waals surface area contributed by atoms with Crippen LogP contribution < -0.4 is 10.1 Å². The lowest BCUT2D eigenvalue weighted by Crippen LogP contribution is -2.35. The van der Waals surface area contributed by atoms with E-state index < -0.39 is 23.8 Å². The van der Waals surface area contributed by atoms with Gasteiger partial charge < -0.3 is 24.8 Å². The van der Waals surface area contributed by atoms with Crippen molar-refractivity contribution >= 4 is 12.2 Å². The summed E-state index contributed by atoms with van der Waals surface area (Å²) in [6, 6.07) is 6.34. The molecule has 0 heterocycles. The monoisotopic (exact) mass is 338 g/mol. The van der Waals surface area contributed by atoms with Gasteiger partial charge in [-0.1, -0.05) is 12.1 Å². The highest BCUT2D eigenvalue weighted by atomic mass is 16.6. The molecule has 7 heteroatoms. The Balaban J connectivity index is 2.88. The van der Waals surface area contributed by atoms with E-state index in [9.17, 15) is 14.7 Å². The van der Waals surface area contributed by atoms with Crippen LogP contribution in [0.5, 0.6) is 5.75 Å². The third-order valence-corrected chi connectivity index (χ3v) is 2.94. The molecule has 0 spiro atoms. The number of nitrogens with one attached hydrogen (secondary N) is 1. The number of hydrogen-bond donors (Lipinski definition) is 2. The van der Waals surface area contributed by atoms with E-state index in [0.717, 1.165) is 0 Å². The summed E-state index contributed by atoms with van der Waals surface area (Å²) >= 11 is 0. The van der Waals surface area contributed by atoms with Crippen LogP contribution in [0.25, 0.3) is 0 Å². The summed E-state index contributed by atoms with van der Waals surface area (Å²) in [6.45, 7) is 5.21. The minimum Gasteiger partial charge on any atom is -0.444 e. The first-order valence-electron chi connectivity index (χ1n) is 7.72. The van der Waals surface area contributed by atoms with Crippen molar-refractivity contribution in [1.82, 2.24) is 10.2 Å². The zero-order valence-corrected chi connectivity index (χ0v) is 14.8. The predicted molar refractivity (Wildman–Crippen MR) is 90.0 cm³/mol. The standard InChI is InChI=1S/C17H26N2O5/c1-17(2,3)24-15(21)18-14(9-10-20)12-7-6-8-13(11-12)23-16(22)19(4)5/h6-8,11,14,20H,9-10H2,1-5H3,(H,18,21)/t14-/m1/s1. The second kappa shape index (κ2) is 8.54. The maximum absolute atomic E-state index is 12.0. The van der Waals surface area contributed by atoms with Crippen LogP contribution in [0, 0.1) is 0 Å². The summed E-state index contributed by atoms with van der Waals surface area (Å²) < 4.78 is 10.4. The molecule has 2 amide bonds. The highest BCUT2D eigenvalue weighted by Gasteiger charge is 2.21. The Labute approximate surface area is 142 Å². The Kier molecular flexibility index (Phi) is 7.03. The normalized spacial score (nSPS) is 12.2. The van der Waals surface area contributed by atoms with Gasteiger partial charge in [0, 0.05) is 20.7 Å². The van der Waals surface area contributed by atoms with Crippen molar-refractivity contribution in [3.05, 3.63) is 29.8 Å². The van der Waals surface area contributed by atoms with E-state index >= 15 is 0 Å². The Bertz CT molecular complexity index is 566. The molecule has 134 valence electrons. The van der Waals surface area contributed by atoms with Crippen LogP contribution in [0.1, 0.15) is 38.8 Å². The van der Waals surface area contributed by atoms with E-state index in [0.29, 0.717) is 17.7 Å². The lowest BCUT2D eigenvalue weighted by atomic mass is 10.0. The number of alkyl carbamates (subject to hydrolysis) is 1. The van der Waals surface area contributed by atoms with Gasteiger partial charge in [0.1, 0.15) is 11.4 Å². The lowest BCUT2D eigenvalue weighted by molar-refractivity contribution is 0.0496. The fraction of sp³-hybridized carbons (Fsp3) is 0.529. The molecule has 1 aromatic carbocycles. The van der Waals surface area contributed by atoms with Crippen molar-refractivity contribution < 1.29 is 24.2 Å². The van der Waals surface area contributed by atoms with Crippen LogP contribution >= 0.6 is 0 Å². The third-order valence-electron chi connectivity index (χ3n) is 2.94. The van der Waals surface area contributed by atoms with Crippen LogP contribution in [0.15, 0.2) is 24.3 Å². The number of carbonyl (C=O) groups is 2. The molecule has 24 heavy (non-hydrogen) atoms. The van der Waals surface area contributed by atoms with Crippen molar-refractivity contribution in [1.29, 1.82) is 0 Å². The molecule has 1 atom stereocenters. The molecule has 0 aliphatic rings. The smallest absolute Gasteiger partial charge is 0.414 e. The van der Waals surface area contributed by atoms with Crippen LogP contribution in [0.4, 0.5) is 9.59 Å². The van der Waals surface area contributed by atoms with Gasteiger partial charge in [0.2, 0.25) is 0 Å². The van der Waals surface area contributed by atoms with Crippen molar-refractivity contribution in [2.75, 3.05) is 20.7 Å². The number of nitrogens with zero attached hydrogens (tertiary/aromatic N) is 1. The molecule has 0 fully saturated rings. The summed E-state index contributed by atoms with van der Waals surface area (Å²) in [7, 11) is 3.18. The second-order valence-electron chi connectivity index (χ2n) is 6.55. The van der Waals surface area contributed by atoms with Crippen molar-refractivity contribution in [3.63, 3.8) is 0 Å². The third kappa shape index (κ3) is 6.87. The molecule has 0 saturated carbocycles. The first-order chi connectivity index (χ1) is 11.1. The number of rotatable bonds is 5. The molecule has 0 aliphatic carbocycles.